The number of nitrogens with zero attached hydrogens (tertiary/aromatic N) is 6. The maximum absolute atomic E-state index is 14.1. The number of methoxy groups -OCH3 is 1. The van der Waals surface area contributed by atoms with Gasteiger partial charge in [-0.05, 0) is 6.07 Å². The molecule has 31 heavy (non-hydrogen) atoms. The summed E-state index contributed by atoms with van der Waals surface area (Å²) in [5.74, 6) is 0.863. The highest BCUT2D eigenvalue weighted by atomic mass is 19.1. The molecule has 0 aromatic carbocycles. The zero-order valence-electron chi connectivity index (χ0n) is 16.8. The SMILES string of the molecule is CNc1nc2nc3c1ncn3C(=O)NC1CC(F)CC1OCc1cc(c(OC)nn1)N2. The fraction of sp³-hybridized carbons (Fsp3) is 0.444. The molecule has 1 saturated carbocycles. The van der Waals surface area contributed by atoms with Crippen molar-refractivity contribution in [3.05, 3.63) is 18.1 Å². The molecule has 3 atom stereocenters. The van der Waals surface area contributed by atoms with E-state index < -0.39 is 24.3 Å². The van der Waals surface area contributed by atoms with Crippen LogP contribution in [0.3, 0.4) is 0 Å². The van der Waals surface area contributed by atoms with Crippen molar-refractivity contribution in [2.24, 2.45) is 0 Å². The first-order valence-corrected chi connectivity index (χ1v) is 9.72. The van der Waals surface area contributed by atoms with Crippen LogP contribution in [0.5, 0.6) is 5.88 Å². The number of carbonyl (C=O) groups is 1. The minimum Gasteiger partial charge on any atom is -0.478 e. The normalized spacial score (nSPS) is 23.1. The van der Waals surface area contributed by atoms with E-state index in [4.69, 9.17) is 9.47 Å². The Morgan fingerprint density at radius 3 is 3.00 bits per heavy atom. The predicted molar refractivity (Wildman–Crippen MR) is 107 cm³/mol. The Hall–Kier alpha value is -3.61. The second kappa shape index (κ2) is 7.58. The quantitative estimate of drug-likeness (QED) is 0.547. The van der Waals surface area contributed by atoms with Crippen LogP contribution in [0.1, 0.15) is 18.5 Å². The van der Waals surface area contributed by atoms with Crippen LogP contribution in [-0.4, -0.2) is 68.2 Å². The average Bonchev–Trinajstić information content (AvgIpc) is 3.34. The lowest BCUT2D eigenvalue weighted by Gasteiger charge is -2.21. The molecule has 3 aromatic heterocycles. The number of anilines is 3. The van der Waals surface area contributed by atoms with Crippen LogP contribution in [0, 0.1) is 0 Å². The van der Waals surface area contributed by atoms with Crippen LogP contribution >= 0.6 is 0 Å². The van der Waals surface area contributed by atoms with E-state index in [9.17, 15) is 9.18 Å². The summed E-state index contributed by atoms with van der Waals surface area (Å²) in [7, 11) is 3.16. The highest BCUT2D eigenvalue weighted by Gasteiger charge is 2.37. The first-order chi connectivity index (χ1) is 15.1. The third-order valence-electron chi connectivity index (χ3n) is 5.30. The molecule has 0 saturated heterocycles. The molecule has 1 aliphatic carbocycles. The number of amides is 1. The van der Waals surface area contributed by atoms with E-state index in [0.717, 1.165) is 0 Å². The summed E-state index contributed by atoms with van der Waals surface area (Å²) >= 11 is 0. The van der Waals surface area contributed by atoms with Gasteiger partial charge in [-0.25, -0.2) is 18.7 Å². The number of fused-ring (bicyclic) bond motifs is 4. The van der Waals surface area contributed by atoms with Crippen molar-refractivity contribution < 1.29 is 18.7 Å². The van der Waals surface area contributed by atoms with Gasteiger partial charge >= 0.3 is 6.03 Å². The monoisotopic (exact) mass is 429 g/mol. The molecule has 3 N–H and O–H groups in total. The largest absolute Gasteiger partial charge is 0.478 e. The van der Waals surface area contributed by atoms with Gasteiger partial charge in [0.2, 0.25) is 5.95 Å². The molecule has 4 heterocycles. The molecular weight excluding hydrogens is 409 g/mol. The summed E-state index contributed by atoms with van der Waals surface area (Å²) in [5, 5.41) is 17.0. The van der Waals surface area contributed by atoms with E-state index in [2.05, 4.69) is 41.1 Å². The summed E-state index contributed by atoms with van der Waals surface area (Å²) in [4.78, 5) is 26.1. The number of alkyl halides is 1. The Kier molecular flexibility index (Phi) is 4.73. The van der Waals surface area contributed by atoms with Gasteiger partial charge in [0, 0.05) is 19.9 Å². The lowest BCUT2D eigenvalue weighted by molar-refractivity contribution is 0.0252. The van der Waals surface area contributed by atoms with E-state index in [1.54, 1.807) is 13.1 Å². The molecule has 3 aromatic rings. The Morgan fingerprint density at radius 1 is 1.32 bits per heavy atom. The zero-order valence-corrected chi connectivity index (χ0v) is 16.8. The van der Waals surface area contributed by atoms with E-state index in [1.807, 2.05) is 0 Å². The van der Waals surface area contributed by atoms with Crippen LogP contribution in [0.2, 0.25) is 0 Å². The lowest BCUT2D eigenvalue weighted by atomic mass is 10.2. The van der Waals surface area contributed by atoms with Gasteiger partial charge in [-0.2, -0.15) is 9.97 Å². The van der Waals surface area contributed by atoms with E-state index >= 15 is 0 Å². The van der Waals surface area contributed by atoms with Gasteiger partial charge in [0.15, 0.2) is 17.0 Å². The smallest absolute Gasteiger partial charge is 0.328 e. The fourth-order valence-corrected chi connectivity index (χ4v) is 3.83. The van der Waals surface area contributed by atoms with Gasteiger partial charge in [-0.1, -0.05) is 0 Å². The number of aromatic nitrogens is 6. The molecular formula is C18H20FN9O3. The molecule has 5 rings (SSSR count). The maximum atomic E-state index is 14.1. The van der Waals surface area contributed by atoms with E-state index in [0.29, 0.717) is 22.7 Å². The number of rotatable bonds is 2. The number of nitrogens with one attached hydrogen (secondary N) is 3. The average molecular weight is 429 g/mol. The molecule has 13 heteroatoms. The summed E-state index contributed by atoms with van der Waals surface area (Å²) < 4.78 is 26.6. The lowest BCUT2D eigenvalue weighted by Crippen LogP contribution is -2.43. The molecule has 0 radical (unpaired) electrons. The summed E-state index contributed by atoms with van der Waals surface area (Å²) in [5.41, 5.74) is 1.67. The Balaban J connectivity index is 1.66. The van der Waals surface area contributed by atoms with Crippen LogP contribution in [0.15, 0.2) is 12.4 Å². The number of imidazole rings is 1. The van der Waals surface area contributed by atoms with Gasteiger partial charge in [-0.3, -0.25) is 0 Å². The maximum Gasteiger partial charge on any atom is 0.328 e. The Morgan fingerprint density at radius 2 is 2.19 bits per heavy atom. The van der Waals surface area contributed by atoms with Crippen molar-refractivity contribution in [3.8, 4) is 5.88 Å². The van der Waals surface area contributed by atoms with Crippen molar-refractivity contribution in [2.45, 2.75) is 37.8 Å². The molecule has 1 aliphatic heterocycles. The van der Waals surface area contributed by atoms with Crippen LogP contribution in [0.25, 0.3) is 11.2 Å². The van der Waals surface area contributed by atoms with E-state index in [-0.39, 0.29) is 36.9 Å². The first kappa shape index (κ1) is 19.4. The number of ether oxygens (including phenoxy) is 2. The summed E-state index contributed by atoms with van der Waals surface area (Å²) in [6.45, 7) is 0.0907. The van der Waals surface area contributed by atoms with Crippen LogP contribution in [0.4, 0.5) is 26.6 Å². The summed E-state index contributed by atoms with van der Waals surface area (Å²) in [6, 6.07) is 0.725. The molecule has 0 spiro atoms. The molecule has 3 unspecified atom stereocenters. The first-order valence-electron chi connectivity index (χ1n) is 9.72. The van der Waals surface area contributed by atoms with Crippen molar-refractivity contribution in [3.63, 3.8) is 0 Å². The number of carbonyl (C=O) groups excluding carboxylic acids is 1. The molecule has 1 amide bonds. The second-order valence-electron chi connectivity index (χ2n) is 7.29. The Bertz CT molecular complexity index is 1150. The predicted octanol–water partition coefficient (Wildman–Crippen LogP) is 1.37. The van der Waals surface area contributed by atoms with Gasteiger partial charge in [0.05, 0.1) is 31.6 Å². The number of hydrogen-bond donors (Lipinski definition) is 3. The third kappa shape index (κ3) is 3.46. The summed E-state index contributed by atoms with van der Waals surface area (Å²) in [6.07, 6.45) is 0.118. The minimum absolute atomic E-state index is 0.0907. The van der Waals surface area contributed by atoms with E-state index in [1.165, 1.54) is 18.0 Å². The Labute approximate surface area is 175 Å². The fourth-order valence-electron chi connectivity index (χ4n) is 3.83. The van der Waals surface area contributed by atoms with Gasteiger partial charge in [0.1, 0.15) is 18.2 Å². The molecule has 12 nitrogen and oxygen atoms in total. The third-order valence-corrected chi connectivity index (χ3v) is 5.30. The molecule has 2 aliphatic rings. The molecule has 1 fully saturated rings. The van der Waals surface area contributed by atoms with Crippen molar-refractivity contribution in [1.29, 1.82) is 0 Å². The highest BCUT2D eigenvalue weighted by molar-refractivity contribution is 5.92. The highest BCUT2D eigenvalue weighted by Crippen LogP contribution is 2.30. The topological polar surface area (TPSA) is 141 Å². The minimum atomic E-state index is -1.07. The van der Waals surface area contributed by atoms with Gasteiger partial charge in [0.25, 0.3) is 5.88 Å². The second-order valence-corrected chi connectivity index (χ2v) is 7.29. The number of hydrogen-bond acceptors (Lipinski definition) is 10. The van der Waals surface area contributed by atoms with Gasteiger partial charge in [-0.15, -0.1) is 10.2 Å². The van der Waals surface area contributed by atoms with Crippen molar-refractivity contribution >= 4 is 34.6 Å². The van der Waals surface area contributed by atoms with Crippen LogP contribution < -0.4 is 20.7 Å². The number of halogens is 1. The van der Waals surface area contributed by atoms with Gasteiger partial charge < -0.3 is 25.4 Å². The molecule has 4 bridgehead atoms. The zero-order chi connectivity index (χ0) is 21.5. The van der Waals surface area contributed by atoms with Crippen molar-refractivity contribution in [2.75, 3.05) is 24.8 Å². The molecule has 162 valence electrons. The van der Waals surface area contributed by atoms with Crippen molar-refractivity contribution in [1.82, 2.24) is 35.0 Å². The van der Waals surface area contributed by atoms with Crippen LogP contribution in [-0.2, 0) is 11.3 Å². The standard InChI is InChI=1S/C18H20FN9O3/c1-20-14-13-15-25-17(24-14)22-11-5-9(26-27-16(11)30-2)6-31-12-4-8(19)3-10(12)23-18(29)28(15)7-21-13/h5,7-8,10,12H,3-4,6H2,1-2H3,(H,23,29)(H2,20,22,24,25).